The topological polar surface area (TPSA) is 29.3 Å². The van der Waals surface area contributed by atoms with Crippen molar-refractivity contribution in [2.45, 2.75) is 44.6 Å². The molecule has 2 rings (SSSR count). The highest BCUT2D eigenvalue weighted by Gasteiger charge is 2.30. The Balaban J connectivity index is 2.22. The normalized spacial score (nSPS) is 21.9. The minimum absolute atomic E-state index is 0.0805. The Morgan fingerprint density at radius 3 is 2.75 bits per heavy atom. The predicted molar refractivity (Wildman–Crippen MR) is 77.7 cm³/mol. The lowest BCUT2D eigenvalue weighted by molar-refractivity contribution is 0.127. The van der Waals surface area contributed by atoms with Gasteiger partial charge in [-0.05, 0) is 50.0 Å². The summed E-state index contributed by atoms with van der Waals surface area (Å²) in [4.78, 5) is 2.46. The van der Waals surface area contributed by atoms with E-state index >= 15 is 0 Å². The zero-order valence-corrected chi connectivity index (χ0v) is 12.1. The number of piperidine rings is 1. The highest BCUT2D eigenvalue weighted by Crippen LogP contribution is 2.30. The van der Waals surface area contributed by atoms with E-state index in [2.05, 4.69) is 11.8 Å². The van der Waals surface area contributed by atoms with Crippen LogP contribution in [-0.4, -0.2) is 30.6 Å². The molecule has 4 heteroatoms. The molecule has 1 aromatic rings. The second kappa shape index (κ2) is 7.14. The van der Waals surface area contributed by atoms with Crippen molar-refractivity contribution in [1.29, 1.82) is 0 Å². The van der Waals surface area contributed by atoms with Crippen molar-refractivity contribution in [3.05, 3.63) is 35.4 Å². The molecule has 0 saturated carbocycles. The maximum Gasteiger partial charge on any atom is 0.159 e. The largest absolute Gasteiger partial charge is 0.330 e. The van der Waals surface area contributed by atoms with Crippen molar-refractivity contribution < 1.29 is 8.78 Å². The molecule has 2 atom stereocenters. The number of hydrogen-bond donors (Lipinski definition) is 1. The molecule has 20 heavy (non-hydrogen) atoms. The molecule has 0 amide bonds. The van der Waals surface area contributed by atoms with Gasteiger partial charge in [0.05, 0.1) is 0 Å². The first-order valence-corrected chi connectivity index (χ1v) is 7.56. The summed E-state index contributed by atoms with van der Waals surface area (Å²) in [5, 5.41) is 0. The highest BCUT2D eigenvalue weighted by molar-refractivity contribution is 5.24. The Morgan fingerprint density at radius 2 is 2.10 bits per heavy atom. The Labute approximate surface area is 120 Å². The molecular weight excluding hydrogens is 258 g/mol. The quantitative estimate of drug-likeness (QED) is 0.898. The van der Waals surface area contributed by atoms with Crippen molar-refractivity contribution in [2.24, 2.45) is 5.73 Å². The molecule has 1 aliphatic heterocycles. The van der Waals surface area contributed by atoms with E-state index in [4.69, 9.17) is 5.73 Å². The zero-order chi connectivity index (χ0) is 14.5. The number of nitrogens with two attached hydrogens (primary N) is 1. The number of hydrogen-bond acceptors (Lipinski definition) is 2. The predicted octanol–water partition coefficient (Wildman–Crippen LogP) is 3.27. The average Bonchev–Trinajstić information content (AvgIpc) is 2.45. The van der Waals surface area contributed by atoms with Crippen LogP contribution in [0.4, 0.5) is 8.78 Å². The van der Waals surface area contributed by atoms with E-state index < -0.39 is 11.6 Å². The highest BCUT2D eigenvalue weighted by atomic mass is 19.2. The fraction of sp³-hybridized carbons (Fsp3) is 0.625. The zero-order valence-electron chi connectivity index (χ0n) is 12.1. The summed E-state index contributed by atoms with van der Waals surface area (Å²) in [5.41, 5.74) is 6.76. The number of rotatable bonds is 5. The van der Waals surface area contributed by atoms with Crippen molar-refractivity contribution in [3.63, 3.8) is 0 Å². The van der Waals surface area contributed by atoms with E-state index in [0.29, 0.717) is 12.6 Å². The Kier molecular flexibility index (Phi) is 5.49. The van der Waals surface area contributed by atoms with Gasteiger partial charge in [-0.15, -0.1) is 0 Å². The molecule has 2 unspecified atom stereocenters. The number of benzene rings is 1. The van der Waals surface area contributed by atoms with Gasteiger partial charge in [0, 0.05) is 18.5 Å². The van der Waals surface area contributed by atoms with Gasteiger partial charge in [0.25, 0.3) is 0 Å². The molecule has 0 aliphatic carbocycles. The maximum atomic E-state index is 13.5. The first-order valence-electron chi connectivity index (χ1n) is 7.56. The first-order chi connectivity index (χ1) is 9.67. The molecule has 1 heterocycles. The standard InChI is InChI=1S/C16H24F2N2/c1-2-8-20-9-4-3-5-16(20)13(11-19)12-6-7-14(17)15(18)10-12/h6-7,10,13,16H,2-5,8-9,11,19H2,1H3. The molecule has 112 valence electrons. The fourth-order valence-electron chi connectivity index (χ4n) is 3.30. The van der Waals surface area contributed by atoms with Crippen LogP contribution < -0.4 is 5.73 Å². The summed E-state index contributed by atoms with van der Waals surface area (Å²) in [6.45, 7) is 4.76. The van der Waals surface area contributed by atoms with Gasteiger partial charge in [0.15, 0.2) is 11.6 Å². The molecule has 2 N–H and O–H groups in total. The number of likely N-dealkylation sites (tertiary alicyclic amines) is 1. The number of nitrogens with zero attached hydrogens (tertiary/aromatic N) is 1. The molecule has 0 aromatic heterocycles. The minimum atomic E-state index is -0.793. The Bertz CT molecular complexity index is 434. The van der Waals surface area contributed by atoms with Gasteiger partial charge in [-0.3, -0.25) is 4.90 Å². The third-order valence-electron chi connectivity index (χ3n) is 4.27. The van der Waals surface area contributed by atoms with E-state index in [0.717, 1.165) is 31.5 Å². The second-order valence-corrected chi connectivity index (χ2v) is 5.61. The van der Waals surface area contributed by atoms with Crippen LogP contribution in [0.3, 0.4) is 0 Å². The van der Waals surface area contributed by atoms with Crippen LogP contribution in [0, 0.1) is 11.6 Å². The Morgan fingerprint density at radius 1 is 1.30 bits per heavy atom. The van der Waals surface area contributed by atoms with Crippen molar-refractivity contribution in [1.82, 2.24) is 4.90 Å². The van der Waals surface area contributed by atoms with Gasteiger partial charge in [-0.2, -0.15) is 0 Å². The smallest absolute Gasteiger partial charge is 0.159 e. The molecule has 1 saturated heterocycles. The summed E-state index contributed by atoms with van der Waals surface area (Å²) in [7, 11) is 0. The molecule has 1 aromatic carbocycles. The third-order valence-corrected chi connectivity index (χ3v) is 4.27. The van der Waals surface area contributed by atoms with Crippen LogP contribution in [0.15, 0.2) is 18.2 Å². The summed E-state index contributed by atoms with van der Waals surface area (Å²) < 4.78 is 26.5. The average molecular weight is 282 g/mol. The molecule has 0 radical (unpaired) electrons. The van der Waals surface area contributed by atoms with Gasteiger partial charge in [0.2, 0.25) is 0 Å². The summed E-state index contributed by atoms with van der Waals surface area (Å²) >= 11 is 0. The molecule has 2 nitrogen and oxygen atoms in total. The minimum Gasteiger partial charge on any atom is -0.330 e. The lowest BCUT2D eigenvalue weighted by Gasteiger charge is -2.40. The lowest BCUT2D eigenvalue weighted by atomic mass is 9.85. The second-order valence-electron chi connectivity index (χ2n) is 5.61. The SMILES string of the molecule is CCCN1CCCCC1C(CN)c1ccc(F)c(F)c1. The van der Waals surface area contributed by atoms with Gasteiger partial charge in [-0.1, -0.05) is 19.4 Å². The first kappa shape index (κ1) is 15.4. The van der Waals surface area contributed by atoms with E-state index in [1.807, 2.05) is 0 Å². The van der Waals surface area contributed by atoms with Crippen molar-refractivity contribution in [3.8, 4) is 0 Å². The molecule has 1 fully saturated rings. The van der Waals surface area contributed by atoms with Crippen LogP contribution in [-0.2, 0) is 0 Å². The van der Waals surface area contributed by atoms with Gasteiger partial charge in [0.1, 0.15) is 0 Å². The van der Waals surface area contributed by atoms with Crippen LogP contribution in [0.1, 0.15) is 44.1 Å². The van der Waals surface area contributed by atoms with Crippen molar-refractivity contribution in [2.75, 3.05) is 19.6 Å². The van der Waals surface area contributed by atoms with E-state index in [1.54, 1.807) is 6.07 Å². The van der Waals surface area contributed by atoms with Gasteiger partial charge in [-0.25, -0.2) is 8.78 Å². The summed E-state index contributed by atoms with van der Waals surface area (Å²) in [5.74, 6) is -1.49. The molecule has 1 aliphatic rings. The van der Waals surface area contributed by atoms with Crippen LogP contribution in [0.25, 0.3) is 0 Å². The van der Waals surface area contributed by atoms with Crippen molar-refractivity contribution >= 4 is 0 Å². The van der Waals surface area contributed by atoms with Gasteiger partial charge >= 0.3 is 0 Å². The summed E-state index contributed by atoms with van der Waals surface area (Å²) in [6, 6.07) is 4.54. The lowest BCUT2D eigenvalue weighted by Crippen LogP contribution is -2.45. The number of halogens is 2. The fourth-order valence-corrected chi connectivity index (χ4v) is 3.30. The van der Waals surface area contributed by atoms with Crippen LogP contribution in [0.5, 0.6) is 0 Å². The Hall–Kier alpha value is -1.00. The maximum absolute atomic E-state index is 13.5. The summed E-state index contributed by atoms with van der Waals surface area (Å²) in [6.07, 6.45) is 4.59. The molecular formula is C16H24F2N2. The molecule has 0 spiro atoms. The van der Waals surface area contributed by atoms with Crippen LogP contribution in [0.2, 0.25) is 0 Å². The molecule has 0 bridgehead atoms. The van der Waals surface area contributed by atoms with E-state index in [9.17, 15) is 8.78 Å². The monoisotopic (exact) mass is 282 g/mol. The van der Waals surface area contributed by atoms with E-state index in [-0.39, 0.29) is 5.92 Å². The third kappa shape index (κ3) is 3.36. The van der Waals surface area contributed by atoms with Crippen LogP contribution >= 0.6 is 0 Å². The van der Waals surface area contributed by atoms with Gasteiger partial charge < -0.3 is 5.73 Å². The van der Waals surface area contributed by atoms with E-state index in [1.165, 1.54) is 25.0 Å².